The van der Waals surface area contributed by atoms with Gasteiger partial charge in [0.1, 0.15) is 11.5 Å². The Hall–Kier alpha value is -1.68. The van der Waals surface area contributed by atoms with Gasteiger partial charge in [-0.15, -0.1) is 0 Å². The maximum absolute atomic E-state index is 12.9. The SMILES string of the molecule is Cc1cc(F)ccc1-c1cc(CN)on1. The minimum atomic E-state index is -0.251. The van der Waals surface area contributed by atoms with Gasteiger partial charge in [0.15, 0.2) is 5.76 Å². The van der Waals surface area contributed by atoms with Crippen LogP contribution in [0.1, 0.15) is 11.3 Å². The summed E-state index contributed by atoms with van der Waals surface area (Å²) in [7, 11) is 0. The molecule has 0 unspecified atom stereocenters. The number of rotatable bonds is 2. The molecule has 4 heteroatoms. The molecule has 0 aliphatic rings. The largest absolute Gasteiger partial charge is 0.359 e. The van der Waals surface area contributed by atoms with Crippen LogP contribution in [-0.2, 0) is 6.54 Å². The molecule has 3 nitrogen and oxygen atoms in total. The second-order valence-electron chi connectivity index (χ2n) is 3.34. The van der Waals surface area contributed by atoms with Crippen LogP contribution in [0.15, 0.2) is 28.8 Å². The number of aryl methyl sites for hydroxylation is 1. The molecule has 15 heavy (non-hydrogen) atoms. The second-order valence-corrected chi connectivity index (χ2v) is 3.34. The third kappa shape index (κ3) is 1.89. The van der Waals surface area contributed by atoms with Crippen molar-refractivity contribution in [1.29, 1.82) is 0 Å². The topological polar surface area (TPSA) is 52.0 Å². The molecule has 1 aromatic carbocycles. The van der Waals surface area contributed by atoms with E-state index in [2.05, 4.69) is 5.16 Å². The molecule has 0 spiro atoms. The third-order valence-corrected chi connectivity index (χ3v) is 2.22. The summed E-state index contributed by atoms with van der Waals surface area (Å²) in [4.78, 5) is 0. The first-order valence-corrected chi connectivity index (χ1v) is 4.63. The number of nitrogens with zero attached hydrogens (tertiary/aromatic N) is 1. The van der Waals surface area contributed by atoms with E-state index in [0.717, 1.165) is 11.1 Å². The average Bonchev–Trinajstić information content (AvgIpc) is 2.66. The van der Waals surface area contributed by atoms with Gasteiger partial charge in [-0.1, -0.05) is 5.16 Å². The highest BCUT2D eigenvalue weighted by atomic mass is 19.1. The van der Waals surface area contributed by atoms with Gasteiger partial charge in [0.25, 0.3) is 0 Å². The van der Waals surface area contributed by atoms with Crippen LogP contribution in [0.3, 0.4) is 0 Å². The van der Waals surface area contributed by atoms with Gasteiger partial charge in [-0.3, -0.25) is 0 Å². The van der Waals surface area contributed by atoms with Gasteiger partial charge in [0.2, 0.25) is 0 Å². The summed E-state index contributed by atoms with van der Waals surface area (Å²) < 4.78 is 17.9. The highest BCUT2D eigenvalue weighted by molar-refractivity contribution is 5.63. The Morgan fingerprint density at radius 3 is 2.80 bits per heavy atom. The number of halogens is 1. The molecular weight excluding hydrogens is 195 g/mol. The van der Waals surface area contributed by atoms with Crippen LogP contribution in [0.2, 0.25) is 0 Å². The molecule has 1 heterocycles. The minimum absolute atomic E-state index is 0.251. The summed E-state index contributed by atoms with van der Waals surface area (Å²) in [6, 6.07) is 6.31. The standard InChI is InChI=1S/C11H11FN2O/c1-7-4-8(12)2-3-10(7)11-5-9(6-13)15-14-11/h2-5H,6,13H2,1H3. The van der Waals surface area contributed by atoms with Crippen LogP contribution in [0, 0.1) is 12.7 Å². The zero-order chi connectivity index (χ0) is 10.8. The predicted molar refractivity (Wildman–Crippen MR) is 54.5 cm³/mol. The van der Waals surface area contributed by atoms with Crippen molar-refractivity contribution >= 4 is 0 Å². The van der Waals surface area contributed by atoms with Crippen LogP contribution >= 0.6 is 0 Å². The summed E-state index contributed by atoms with van der Waals surface area (Å²) in [6.45, 7) is 2.14. The first kappa shape index (κ1) is 9.86. The van der Waals surface area contributed by atoms with Crippen molar-refractivity contribution in [3.8, 4) is 11.3 Å². The van der Waals surface area contributed by atoms with E-state index >= 15 is 0 Å². The van der Waals surface area contributed by atoms with Crippen LogP contribution in [0.25, 0.3) is 11.3 Å². The van der Waals surface area contributed by atoms with Crippen LogP contribution in [0.5, 0.6) is 0 Å². The van der Waals surface area contributed by atoms with Gasteiger partial charge in [-0.05, 0) is 30.7 Å². The maximum atomic E-state index is 12.9. The van der Waals surface area contributed by atoms with E-state index in [1.165, 1.54) is 12.1 Å². The van der Waals surface area contributed by atoms with Crippen molar-refractivity contribution < 1.29 is 8.91 Å². The molecule has 0 aliphatic carbocycles. The summed E-state index contributed by atoms with van der Waals surface area (Å²) in [5, 5.41) is 3.87. The highest BCUT2D eigenvalue weighted by Gasteiger charge is 2.08. The Morgan fingerprint density at radius 1 is 1.40 bits per heavy atom. The lowest BCUT2D eigenvalue weighted by atomic mass is 10.1. The van der Waals surface area contributed by atoms with E-state index in [0.29, 0.717) is 18.0 Å². The minimum Gasteiger partial charge on any atom is -0.359 e. The zero-order valence-electron chi connectivity index (χ0n) is 8.33. The first-order chi connectivity index (χ1) is 7.20. The van der Waals surface area contributed by atoms with E-state index < -0.39 is 0 Å². The Morgan fingerprint density at radius 2 is 2.20 bits per heavy atom. The lowest BCUT2D eigenvalue weighted by Crippen LogP contribution is -1.92. The molecule has 1 aromatic heterocycles. The fourth-order valence-corrected chi connectivity index (χ4v) is 1.45. The summed E-state index contributed by atoms with van der Waals surface area (Å²) in [5.74, 6) is 0.368. The molecule has 0 saturated carbocycles. The molecule has 0 bridgehead atoms. The Balaban J connectivity index is 2.44. The van der Waals surface area contributed by atoms with Crippen LogP contribution in [0.4, 0.5) is 4.39 Å². The Kier molecular flexibility index (Phi) is 2.51. The normalized spacial score (nSPS) is 10.6. The molecule has 78 valence electrons. The van der Waals surface area contributed by atoms with Crippen molar-refractivity contribution in [3.05, 3.63) is 41.4 Å². The first-order valence-electron chi connectivity index (χ1n) is 4.63. The number of nitrogens with two attached hydrogens (primary N) is 1. The fourth-order valence-electron chi connectivity index (χ4n) is 1.45. The Bertz CT molecular complexity index is 479. The van der Waals surface area contributed by atoms with Crippen molar-refractivity contribution in [2.75, 3.05) is 0 Å². The molecule has 0 fully saturated rings. The van der Waals surface area contributed by atoms with Crippen molar-refractivity contribution in [3.63, 3.8) is 0 Å². The molecule has 0 aliphatic heterocycles. The van der Waals surface area contributed by atoms with E-state index in [1.54, 1.807) is 12.1 Å². The van der Waals surface area contributed by atoms with Gasteiger partial charge in [-0.25, -0.2) is 4.39 Å². The molecular formula is C11H11FN2O. The van der Waals surface area contributed by atoms with Gasteiger partial charge in [0.05, 0.1) is 6.54 Å². The van der Waals surface area contributed by atoms with E-state index in [4.69, 9.17) is 10.3 Å². The van der Waals surface area contributed by atoms with E-state index in [1.807, 2.05) is 6.92 Å². The molecule has 2 N–H and O–H groups in total. The van der Waals surface area contributed by atoms with Gasteiger partial charge in [-0.2, -0.15) is 0 Å². The second kappa shape index (κ2) is 3.82. The third-order valence-electron chi connectivity index (χ3n) is 2.22. The smallest absolute Gasteiger partial charge is 0.150 e. The summed E-state index contributed by atoms with van der Waals surface area (Å²) in [5.41, 5.74) is 7.78. The van der Waals surface area contributed by atoms with Gasteiger partial charge in [0, 0.05) is 11.6 Å². The molecule has 0 saturated heterocycles. The average molecular weight is 206 g/mol. The number of benzene rings is 1. The summed E-state index contributed by atoms with van der Waals surface area (Å²) >= 11 is 0. The fraction of sp³-hybridized carbons (Fsp3) is 0.182. The summed E-state index contributed by atoms with van der Waals surface area (Å²) in [6.07, 6.45) is 0. The number of hydrogen-bond donors (Lipinski definition) is 1. The molecule has 0 atom stereocenters. The molecule has 2 aromatic rings. The van der Waals surface area contributed by atoms with Crippen molar-refractivity contribution in [2.24, 2.45) is 5.73 Å². The number of hydrogen-bond acceptors (Lipinski definition) is 3. The van der Waals surface area contributed by atoms with Crippen LogP contribution in [-0.4, -0.2) is 5.16 Å². The molecule has 0 radical (unpaired) electrons. The molecule has 2 rings (SSSR count). The number of aromatic nitrogens is 1. The van der Waals surface area contributed by atoms with Gasteiger partial charge >= 0.3 is 0 Å². The van der Waals surface area contributed by atoms with E-state index in [9.17, 15) is 4.39 Å². The zero-order valence-corrected chi connectivity index (χ0v) is 8.33. The monoisotopic (exact) mass is 206 g/mol. The highest BCUT2D eigenvalue weighted by Crippen LogP contribution is 2.23. The Labute approximate surface area is 86.7 Å². The van der Waals surface area contributed by atoms with Gasteiger partial charge < -0.3 is 10.3 Å². The van der Waals surface area contributed by atoms with Crippen molar-refractivity contribution in [1.82, 2.24) is 5.16 Å². The van der Waals surface area contributed by atoms with Crippen molar-refractivity contribution in [2.45, 2.75) is 13.5 Å². The lowest BCUT2D eigenvalue weighted by molar-refractivity contribution is 0.387. The van der Waals surface area contributed by atoms with E-state index in [-0.39, 0.29) is 5.82 Å². The maximum Gasteiger partial charge on any atom is 0.150 e. The lowest BCUT2D eigenvalue weighted by Gasteiger charge is -2.00. The molecule has 0 amide bonds. The van der Waals surface area contributed by atoms with Crippen LogP contribution < -0.4 is 5.73 Å². The quantitative estimate of drug-likeness (QED) is 0.819. The predicted octanol–water partition coefficient (Wildman–Crippen LogP) is 2.25.